The third-order valence-electron chi connectivity index (χ3n) is 7.64. The number of pyridine rings is 1. The standard InChI is InChI=1S/C27H33F3N4O3/c1-15-12-22(37-5)20(25(35)32-15)14-31-26(36)24-17(3)34(21-9-7-6-8-19(21)24)16(2)18-10-11-33(4)23(13-18)27(28,29)30/h6-9,12,16,18,23H,10-11,13-14H2,1-5H3,(H,31,36)(H,32,35)/t16-,18+,23-/m0/s1. The summed E-state index contributed by atoms with van der Waals surface area (Å²) in [5.74, 6) is -0.183. The maximum absolute atomic E-state index is 13.7. The highest BCUT2D eigenvalue weighted by atomic mass is 19.4. The molecule has 200 valence electrons. The Labute approximate surface area is 213 Å². The fourth-order valence-corrected chi connectivity index (χ4v) is 5.64. The van der Waals surface area contributed by atoms with Crippen LogP contribution in [0.5, 0.6) is 5.75 Å². The molecule has 10 heteroatoms. The Morgan fingerprint density at radius 1 is 1.27 bits per heavy atom. The maximum Gasteiger partial charge on any atom is 0.404 e. The first-order valence-electron chi connectivity index (χ1n) is 12.4. The van der Waals surface area contributed by atoms with E-state index < -0.39 is 12.2 Å². The van der Waals surface area contributed by atoms with Gasteiger partial charge in [0, 0.05) is 28.3 Å². The Morgan fingerprint density at radius 3 is 2.65 bits per heavy atom. The number of para-hydroxylation sites is 1. The number of carbonyl (C=O) groups excluding carboxylic acids is 1. The first-order valence-corrected chi connectivity index (χ1v) is 12.4. The van der Waals surface area contributed by atoms with Crippen LogP contribution in [0.4, 0.5) is 13.2 Å². The zero-order valence-corrected chi connectivity index (χ0v) is 21.7. The highest BCUT2D eigenvalue weighted by Crippen LogP contribution is 2.40. The predicted molar refractivity (Wildman–Crippen MR) is 136 cm³/mol. The van der Waals surface area contributed by atoms with Crippen molar-refractivity contribution in [1.29, 1.82) is 0 Å². The highest BCUT2D eigenvalue weighted by Gasteiger charge is 2.46. The van der Waals surface area contributed by atoms with E-state index in [2.05, 4.69) is 10.3 Å². The lowest BCUT2D eigenvalue weighted by molar-refractivity contribution is -0.192. The highest BCUT2D eigenvalue weighted by molar-refractivity contribution is 6.08. The number of hydrogen-bond donors (Lipinski definition) is 2. The number of aromatic amines is 1. The largest absolute Gasteiger partial charge is 0.496 e. The minimum absolute atomic E-state index is 0.00460. The van der Waals surface area contributed by atoms with E-state index in [4.69, 9.17) is 4.74 Å². The molecule has 0 saturated carbocycles. The molecule has 2 N–H and O–H groups in total. The van der Waals surface area contributed by atoms with Crippen molar-refractivity contribution < 1.29 is 22.7 Å². The van der Waals surface area contributed by atoms with Crippen LogP contribution >= 0.6 is 0 Å². The molecule has 1 aliphatic heterocycles. The van der Waals surface area contributed by atoms with Crippen molar-refractivity contribution in [3.05, 3.63) is 63.2 Å². The lowest BCUT2D eigenvalue weighted by Crippen LogP contribution is -2.49. The number of amides is 1. The van der Waals surface area contributed by atoms with Crippen LogP contribution in [-0.2, 0) is 6.54 Å². The van der Waals surface area contributed by atoms with E-state index in [-0.39, 0.29) is 36.4 Å². The Bertz CT molecular complexity index is 1360. The molecule has 2 aromatic heterocycles. The Balaban J connectivity index is 1.66. The topological polar surface area (TPSA) is 79.4 Å². The number of piperidine rings is 1. The number of methoxy groups -OCH3 is 1. The molecule has 1 aromatic carbocycles. The molecule has 37 heavy (non-hydrogen) atoms. The van der Waals surface area contributed by atoms with E-state index in [1.165, 1.54) is 19.1 Å². The molecule has 0 bridgehead atoms. The van der Waals surface area contributed by atoms with Crippen LogP contribution in [0.3, 0.4) is 0 Å². The fraction of sp³-hybridized carbons (Fsp3) is 0.481. The van der Waals surface area contributed by atoms with Gasteiger partial charge in [0.2, 0.25) is 0 Å². The average molecular weight is 519 g/mol. The summed E-state index contributed by atoms with van der Waals surface area (Å²) >= 11 is 0. The van der Waals surface area contributed by atoms with Crippen LogP contribution in [-0.4, -0.2) is 53.3 Å². The summed E-state index contributed by atoms with van der Waals surface area (Å²) in [6.45, 7) is 5.82. The fourth-order valence-electron chi connectivity index (χ4n) is 5.64. The van der Waals surface area contributed by atoms with Crippen molar-refractivity contribution in [2.75, 3.05) is 20.7 Å². The number of ether oxygens (including phenoxy) is 1. The van der Waals surface area contributed by atoms with Crippen LogP contribution in [0.1, 0.15) is 53.1 Å². The number of nitrogens with one attached hydrogen (secondary N) is 2. The second kappa shape index (κ2) is 10.2. The van der Waals surface area contributed by atoms with Gasteiger partial charge in [-0.2, -0.15) is 13.2 Å². The number of H-pyrrole nitrogens is 1. The maximum atomic E-state index is 13.7. The number of alkyl halides is 3. The van der Waals surface area contributed by atoms with Gasteiger partial charge in [0.05, 0.1) is 24.8 Å². The second-order valence-corrected chi connectivity index (χ2v) is 9.92. The molecular weight excluding hydrogens is 485 g/mol. The summed E-state index contributed by atoms with van der Waals surface area (Å²) < 4.78 is 48.3. The zero-order chi connectivity index (χ0) is 27.1. The normalized spacial score (nSPS) is 19.7. The number of fused-ring (bicyclic) bond motifs is 1. The molecule has 1 aliphatic rings. The smallest absolute Gasteiger partial charge is 0.404 e. The van der Waals surface area contributed by atoms with Gasteiger partial charge in [-0.05, 0) is 65.3 Å². The summed E-state index contributed by atoms with van der Waals surface area (Å²) in [4.78, 5) is 30.0. The lowest BCUT2D eigenvalue weighted by atomic mass is 9.85. The second-order valence-electron chi connectivity index (χ2n) is 9.92. The third-order valence-corrected chi connectivity index (χ3v) is 7.64. The van der Waals surface area contributed by atoms with E-state index in [0.717, 1.165) is 10.9 Å². The van der Waals surface area contributed by atoms with Gasteiger partial charge in [0.25, 0.3) is 11.5 Å². The molecule has 3 aromatic rings. The first-order chi connectivity index (χ1) is 17.4. The molecule has 7 nitrogen and oxygen atoms in total. The Morgan fingerprint density at radius 2 is 1.97 bits per heavy atom. The molecule has 0 spiro atoms. The van der Waals surface area contributed by atoms with Gasteiger partial charge in [-0.3, -0.25) is 14.5 Å². The van der Waals surface area contributed by atoms with Gasteiger partial charge in [0.1, 0.15) is 11.8 Å². The van der Waals surface area contributed by atoms with Crippen molar-refractivity contribution >= 4 is 16.8 Å². The molecular formula is C27H33F3N4O3. The SMILES string of the molecule is COc1cc(C)[nH]c(=O)c1CNC(=O)c1c(C)n([C@@H](C)[C@@H]2CCN(C)[C@H](C(F)(F)F)C2)c2ccccc12. The molecule has 3 atom stereocenters. The van der Waals surface area contributed by atoms with Gasteiger partial charge < -0.3 is 19.6 Å². The van der Waals surface area contributed by atoms with E-state index >= 15 is 0 Å². The van der Waals surface area contributed by atoms with Gasteiger partial charge >= 0.3 is 6.18 Å². The lowest BCUT2D eigenvalue weighted by Gasteiger charge is -2.40. The quantitative estimate of drug-likeness (QED) is 0.495. The number of carbonyl (C=O) groups is 1. The summed E-state index contributed by atoms with van der Waals surface area (Å²) in [5.41, 5.74) is 2.54. The molecule has 1 fully saturated rings. The summed E-state index contributed by atoms with van der Waals surface area (Å²) in [7, 11) is 2.98. The minimum Gasteiger partial charge on any atom is -0.496 e. The molecule has 1 amide bonds. The van der Waals surface area contributed by atoms with Crippen LogP contribution in [0.25, 0.3) is 10.9 Å². The number of rotatable bonds is 6. The van der Waals surface area contributed by atoms with Crippen molar-refractivity contribution in [2.45, 2.75) is 58.4 Å². The minimum atomic E-state index is -4.29. The van der Waals surface area contributed by atoms with Crippen LogP contribution < -0.4 is 15.6 Å². The predicted octanol–water partition coefficient (Wildman–Crippen LogP) is 4.72. The number of halogens is 3. The Hall–Kier alpha value is -3.27. The van der Waals surface area contributed by atoms with Crippen LogP contribution in [0.2, 0.25) is 0 Å². The zero-order valence-electron chi connectivity index (χ0n) is 21.7. The molecule has 4 rings (SSSR count). The van der Waals surface area contributed by atoms with Crippen molar-refractivity contribution in [3.63, 3.8) is 0 Å². The molecule has 0 radical (unpaired) electrons. The van der Waals surface area contributed by atoms with Crippen LogP contribution in [0.15, 0.2) is 35.1 Å². The summed E-state index contributed by atoms with van der Waals surface area (Å²) in [6.07, 6.45) is -3.65. The average Bonchev–Trinajstić information content (AvgIpc) is 3.13. The molecule has 1 saturated heterocycles. The monoisotopic (exact) mass is 518 g/mol. The van der Waals surface area contributed by atoms with Crippen molar-refractivity contribution in [2.24, 2.45) is 5.92 Å². The summed E-state index contributed by atoms with van der Waals surface area (Å²) in [5, 5.41) is 3.56. The Kier molecular flexibility index (Phi) is 7.41. The van der Waals surface area contributed by atoms with E-state index in [1.807, 2.05) is 42.7 Å². The van der Waals surface area contributed by atoms with Gasteiger partial charge in [0.15, 0.2) is 0 Å². The molecule has 3 heterocycles. The number of benzene rings is 1. The number of nitrogens with zero attached hydrogens (tertiary/aromatic N) is 2. The first kappa shape index (κ1) is 26.8. The third kappa shape index (κ3) is 5.12. The van der Waals surface area contributed by atoms with Gasteiger partial charge in [-0.1, -0.05) is 18.2 Å². The number of aromatic nitrogens is 2. The van der Waals surface area contributed by atoms with Gasteiger partial charge in [-0.15, -0.1) is 0 Å². The van der Waals surface area contributed by atoms with E-state index in [1.54, 1.807) is 13.0 Å². The van der Waals surface area contributed by atoms with Crippen molar-refractivity contribution in [3.8, 4) is 5.75 Å². The number of hydrogen-bond acceptors (Lipinski definition) is 4. The number of likely N-dealkylation sites (tertiary alicyclic amines) is 1. The molecule has 0 aliphatic carbocycles. The van der Waals surface area contributed by atoms with E-state index in [0.29, 0.717) is 41.2 Å². The summed E-state index contributed by atoms with van der Waals surface area (Å²) in [6, 6.07) is 7.38. The van der Waals surface area contributed by atoms with Gasteiger partial charge in [-0.25, -0.2) is 0 Å². The number of aryl methyl sites for hydroxylation is 1. The van der Waals surface area contributed by atoms with Crippen LogP contribution in [0, 0.1) is 19.8 Å². The van der Waals surface area contributed by atoms with E-state index in [9.17, 15) is 22.8 Å². The van der Waals surface area contributed by atoms with Crippen molar-refractivity contribution in [1.82, 2.24) is 19.8 Å². The molecule has 0 unspecified atom stereocenters.